The molecule has 1 unspecified atom stereocenters. The summed E-state index contributed by atoms with van der Waals surface area (Å²) in [5.41, 5.74) is 0. The maximum absolute atomic E-state index is 9.43. The number of hydrogen-bond donors (Lipinski definition) is 2. The monoisotopic (exact) mass is 279 g/mol. The zero-order chi connectivity index (χ0) is 13.8. The lowest BCUT2D eigenvalue weighted by Gasteiger charge is -2.19. The molecule has 19 heavy (non-hydrogen) atoms. The largest absolute Gasteiger partial charge is 0.394 e. The number of aliphatic hydroxyl groups is 1. The lowest BCUT2D eigenvalue weighted by molar-refractivity contribution is 0.259. The summed E-state index contributed by atoms with van der Waals surface area (Å²) in [5, 5.41) is 22.9. The Balaban J connectivity index is 2.32. The molecule has 1 atom stereocenters. The molecule has 0 aliphatic rings. The predicted molar refractivity (Wildman–Crippen MR) is 78.5 cm³/mol. The zero-order valence-electron chi connectivity index (χ0n) is 11.1. The van der Waals surface area contributed by atoms with Crippen molar-refractivity contribution >= 4 is 28.2 Å². The highest BCUT2D eigenvalue weighted by atomic mass is 35.5. The number of aromatic nitrogens is 2. The van der Waals surface area contributed by atoms with Crippen LogP contribution in [0.25, 0.3) is 10.8 Å². The highest BCUT2D eigenvalue weighted by molar-refractivity contribution is 6.34. The molecule has 0 spiro atoms. The first-order valence-corrected chi connectivity index (χ1v) is 6.78. The Morgan fingerprint density at radius 1 is 1.21 bits per heavy atom. The van der Waals surface area contributed by atoms with Crippen molar-refractivity contribution in [3.63, 3.8) is 0 Å². The molecule has 2 N–H and O–H groups in total. The summed E-state index contributed by atoms with van der Waals surface area (Å²) in [6, 6.07) is 7.67. The summed E-state index contributed by atoms with van der Waals surface area (Å²) in [6.07, 6.45) is 0.870. The van der Waals surface area contributed by atoms with Gasteiger partial charge in [0.2, 0.25) is 0 Å². The van der Waals surface area contributed by atoms with Crippen LogP contribution < -0.4 is 5.32 Å². The Bertz CT molecular complexity index is 559. The van der Waals surface area contributed by atoms with Gasteiger partial charge in [0, 0.05) is 10.8 Å². The molecule has 1 aromatic carbocycles. The van der Waals surface area contributed by atoms with E-state index in [-0.39, 0.29) is 12.6 Å². The molecule has 5 heteroatoms. The van der Waals surface area contributed by atoms with Crippen molar-refractivity contribution in [2.24, 2.45) is 5.92 Å². The lowest BCUT2D eigenvalue weighted by atomic mass is 10.0. The maximum atomic E-state index is 9.43. The SMILES string of the molecule is CC(C)CC(CO)Nc1nnc(Cl)c2ccccc12. The van der Waals surface area contributed by atoms with E-state index in [9.17, 15) is 5.11 Å². The first-order valence-electron chi connectivity index (χ1n) is 6.40. The third-order valence-electron chi connectivity index (χ3n) is 2.96. The molecule has 0 bridgehead atoms. The number of nitrogens with zero attached hydrogens (tertiary/aromatic N) is 2. The van der Waals surface area contributed by atoms with E-state index in [4.69, 9.17) is 11.6 Å². The van der Waals surface area contributed by atoms with Gasteiger partial charge in [-0.2, -0.15) is 0 Å². The van der Waals surface area contributed by atoms with Crippen molar-refractivity contribution in [1.82, 2.24) is 10.2 Å². The van der Waals surface area contributed by atoms with E-state index in [0.717, 1.165) is 17.2 Å². The fraction of sp³-hybridized carbons (Fsp3) is 0.429. The number of anilines is 1. The highest BCUT2D eigenvalue weighted by Crippen LogP contribution is 2.26. The average molecular weight is 280 g/mol. The zero-order valence-corrected chi connectivity index (χ0v) is 11.9. The molecular formula is C14H18ClN3O. The number of fused-ring (bicyclic) bond motifs is 1. The Labute approximate surface area is 117 Å². The molecule has 0 saturated heterocycles. The van der Waals surface area contributed by atoms with E-state index in [0.29, 0.717) is 16.9 Å². The Hall–Kier alpha value is -1.39. The number of benzene rings is 1. The van der Waals surface area contributed by atoms with E-state index >= 15 is 0 Å². The summed E-state index contributed by atoms with van der Waals surface area (Å²) >= 11 is 6.03. The van der Waals surface area contributed by atoms with Crippen LogP contribution in [0.15, 0.2) is 24.3 Å². The molecule has 0 fully saturated rings. The summed E-state index contributed by atoms with van der Waals surface area (Å²) in [7, 11) is 0. The summed E-state index contributed by atoms with van der Waals surface area (Å²) in [6.45, 7) is 4.31. The van der Waals surface area contributed by atoms with Crippen LogP contribution in [0.4, 0.5) is 5.82 Å². The van der Waals surface area contributed by atoms with Gasteiger partial charge in [-0.3, -0.25) is 0 Å². The van der Waals surface area contributed by atoms with Gasteiger partial charge in [0.15, 0.2) is 11.0 Å². The van der Waals surface area contributed by atoms with Crippen molar-refractivity contribution in [2.45, 2.75) is 26.3 Å². The molecule has 0 amide bonds. The number of nitrogens with one attached hydrogen (secondary N) is 1. The molecule has 102 valence electrons. The first-order chi connectivity index (χ1) is 9.11. The molecular weight excluding hydrogens is 262 g/mol. The van der Waals surface area contributed by atoms with Gasteiger partial charge in [-0.15, -0.1) is 10.2 Å². The molecule has 0 saturated carbocycles. The number of hydrogen-bond acceptors (Lipinski definition) is 4. The van der Waals surface area contributed by atoms with Crippen molar-refractivity contribution < 1.29 is 5.11 Å². The smallest absolute Gasteiger partial charge is 0.159 e. The van der Waals surface area contributed by atoms with Crippen molar-refractivity contribution in [1.29, 1.82) is 0 Å². The van der Waals surface area contributed by atoms with Crippen molar-refractivity contribution in [2.75, 3.05) is 11.9 Å². The van der Waals surface area contributed by atoms with Gasteiger partial charge < -0.3 is 10.4 Å². The Morgan fingerprint density at radius 3 is 2.53 bits per heavy atom. The average Bonchev–Trinajstić information content (AvgIpc) is 2.41. The van der Waals surface area contributed by atoms with Gasteiger partial charge in [0.25, 0.3) is 0 Å². The lowest BCUT2D eigenvalue weighted by Crippen LogP contribution is -2.26. The minimum Gasteiger partial charge on any atom is -0.394 e. The molecule has 0 radical (unpaired) electrons. The van der Waals surface area contributed by atoms with Crippen LogP contribution in [0, 0.1) is 5.92 Å². The second-order valence-corrected chi connectivity index (χ2v) is 5.40. The number of aliphatic hydroxyl groups excluding tert-OH is 1. The van der Waals surface area contributed by atoms with Crippen LogP contribution in [-0.2, 0) is 0 Å². The maximum Gasteiger partial charge on any atom is 0.159 e. The first kappa shape index (κ1) is 14.0. The fourth-order valence-corrected chi connectivity index (χ4v) is 2.32. The molecule has 0 aliphatic carbocycles. The third kappa shape index (κ3) is 3.33. The van der Waals surface area contributed by atoms with E-state index in [1.54, 1.807) is 0 Å². The third-order valence-corrected chi connectivity index (χ3v) is 3.24. The van der Waals surface area contributed by atoms with Gasteiger partial charge in [0.05, 0.1) is 12.6 Å². The van der Waals surface area contributed by atoms with Crippen LogP contribution in [-0.4, -0.2) is 28.0 Å². The molecule has 1 aromatic heterocycles. The van der Waals surface area contributed by atoms with E-state index in [1.807, 2.05) is 24.3 Å². The van der Waals surface area contributed by atoms with Gasteiger partial charge >= 0.3 is 0 Å². The minimum absolute atomic E-state index is 0.0288. The number of halogens is 1. The summed E-state index contributed by atoms with van der Waals surface area (Å²) in [5.74, 6) is 1.16. The van der Waals surface area contributed by atoms with E-state index in [1.165, 1.54) is 0 Å². The topological polar surface area (TPSA) is 58.0 Å². The molecule has 2 rings (SSSR count). The van der Waals surface area contributed by atoms with E-state index < -0.39 is 0 Å². The second kappa shape index (κ2) is 6.17. The van der Waals surface area contributed by atoms with Crippen LogP contribution in [0.5, 0.6) is 0 Å². The molecule has 0 aliphatic heterocycles. The minimum atomic E-state index is -0.0288. The Kier molecular flexibility index (Phi) is 4.56. The van der Waals surface area contributed by atoms with Gasteiger partial charge in [0.1, 0.15) is 0 Å². The summed E-state index contributed by atoms with van der Waals surface area (Å²) < 4.78 is 0. The van der Waals surface area contributed by atoms with Crippen LogP contribution in [0.1, 0.15) is 20.3 Å². The standard InChI is InChI=1S/C14H18ClN3O/c1-9(2)7-10(8-19)16-14-12-6-4-3-5-11(12)13(15)17-18-14/h3-6,9-10,19H,7-8H2,1-2H3,(H,16,18). The van der Waals surface area contributed by atoms with Crippen LogP contribution in [0.3, 0.4) is 0 Å². The number of rotatable bonds is 5. The van der Waals surface area contributed by atoms with E-state index in [2.05, 4.69) is 29.4 Å². The summed E-state index contributed by atoms with van der Waals surface area (Å²) in [4.78, 5) is 0. The molecule has 1 heterocycles. The van der Waals surface area contributed by atoms with Crippen LogP contribution in [0.2, 0.25) is 5.15 Å². The second-order valence-electron chi connectivity index (χ2n) is 5.04. The molecule has 2 aromatic rings. The predicted octanol–water partition coefficient (Wildman–Crippen LogP) is 3.10. The van der Waals surface area contributed by atoms with Crippen molar-refractivity contribution in [3.8, 4) is 0 Å². The highest BCUT2D eigenvalue weighted by Gasteiger charge is 2.13. The van der Waals surface area contributed by atoms with Gasteiger partial charge in [-0.25, -0.2) is 0 Å². The van der Waals surface area contributed by atoms with Gasteiger partial charge in [-0.1, -0.05) is 49.7 Å². The quantitative estimate of drug-likeness (QED) is 0.883. The van der Waals surface area contributed by atoms with Gasteiger partial charge in [-0.05, 0) is 12.3 Å². The van der Waals surface area contributed by atoms with Crippen LogP contribution >= 0.6 is 11.6 Å². The fourth-order valence-electron chi connectivity index (χ4n) is 2.12. The molecule has 4 nitrogen and oxygen atoms in total. The normalized spacial score (nSPS) is 12.9. The Morgan fingerprint density at radius 2 is 1.89 bits per heavy atom. The van der Waals surface area contributed by atoms with Crippen molar-refractivity contribution in [3.05, 3.63) is 29.4 Å².